The summed E-state index contributed by atoms with van der Waals surface area (Å²) in [5.41, 5.74) is 6.81. The minimum absolute atomic E-state index is 0.0691. The van der Waals surface area contributed by atoms with Crippen LogP contribution in [-0.4, -0.2) is 53.1 Å². The van der Waals surface area contributed by atoms with Gasteiger partial charge in [0.2, 0.25) is 5.95 Å². The number of rotatable bonds is 5. The molecule has 4 aromatic rings. The van der Waals surface area contributed by atoms with Crippen LogP contribution in [0.4, 0.5) is 11.8 Å². The first-order valence-corrected chi connectivity index (χ1v) is 10.5. The Morgan fingerprint density at radius 3 is 2.79 bits per heavy atom. The Hall–Kier alpha value is -4.51. The molecular weight excluding hydrogens is 440 g/mol. The zero-order valence-corrected chi connectivity index (χ0v) is 17.9. The number of morpholine rings is 1. The van der Waals surface area contributed by atoms with Gasteiger partial charge in [-0.3, -0.25) is 19.7 Å². The Kier molecular flexibility index (Phi) is 5.52. The van der Waals surface area contributed by atoms with E-state index in [1.54, 1.807) is 24.3 Å². The normalized spacial score (nSPS) is 14.2. The topological polar surface area (TPSA) is 156 Å². The van der Waals surface area contributed by atoms with Gasteiger partial charge in [-0.2, -0.15) is 4.98 Å². The smallest absolute Gasteiger partial charge is 0.265 e. The van der Waals surface area contributed by atoms with Crippen LogP contribution in [0.25, 0.3) is 28.1 Å². The Morgan fingerprint density at radius 2 is 2.00 bits per heavy atom. The van der Waals surface area contributed by atoms with Crippen molar-refractivity contribution in [2.24, 2.45) is 5.73 Å². The molecule has 0 atom stereocenters. The van der Waals surface area contributed by atoms with Crippen LogP contribution in [0.2, 0.25) is 0 Å². The molecule has 172 valence electrons. The molecule has 0 bridgehead atoms. The van der Waals surface area contributed by atoms with Gasteiger partial charge in [0, 0.05) is 36.8 Å². The van der Waals surface area contributed by atoms with E-state index in [-0.39, 0.29) is 17.1 Å². The molecule has 2 amide bonds. The second-order valence-corrected chi connectivity index (χ2v) is 7.67. The lowest BCUT2D eigenvalue weighted by Crippen LogP contribution is -2.36. The number of nitrogens with zero attached hydrogens (tertiary/aromatic N) is 3. The number of aromatic nitrogens is 3. The molecule has 11 heteroatoms. The van der Waals surface area contributed by atoms with E-state index in [4.69, 9.17) is 14.9 Å². The summed E-state index contributed by atoms with van der Waals surface area (Å²) in [5.74, 6) is -0.504. The van der Waals surface area contributed by atoms with Crippen LogP contribution in [0.15, 0.2) is 51.8 Å². The van der Waals surface area contributed by atoms with E-state index in [1.807, 2.05) is 4.90 Å². The van der Waals surface area contributed by atoms with Crippen LogP contribution >= 0.6 is 0 Å². The van der Waals surface area contributed by atoms with E-state index in [2.05, 4.69) is 20.3 Å². The van der Waals surface area contributed by atoms with Crippen molar-refractivity contribution in [3.8, 4) is 0 Å². The number of carbonyl (C=O) groups excluding carboxylic acids is 2. The molecule has 1 aliphatic rings. The van der Waals surface area contributed by atoms with Crippen LogP contribution < -0.4 is 21.4 Å². The van der Waals surface area contributed by atoms with Crippen molar-refractivity contribution in [2.45, 2.75) is 0 Å². The average Bonchev–Trinajstić information content (AvgIpc) is 3.27. The third-order valence-corrected chi connectivity index (χ3v) is 5.36. The van der Waals surface area contributed by atoms with Crippen molar-refractivity contribution in [3.05, 3.63) is 64.1 Å². The molecule has 34 heavy (non-hydrogen) atoms. The molecule has 3 aromatic heterocycles. The Bertz CT molecular complexity index is 1500. The lowest BCUT2D eigenvalue weighted by atomic mass is 10.1. The van der Waals surface area contributed by atoms with E-state index in [9.17, 15) is 14.4 Å². The number of hydrogen-bond donors (Lipinski definition) is 3. The predicted molar refractivity (Wildman–Crippen MR) is 126 cm³/mol. The Labute approximate surface area is 192 Å². The third kappa shape index (κ3) is 4.36. The van der Waals surface area contributed by atoms with Gasteiger partial charge in [-0.05, 0) is 29.8 Å². The first kappa shape index (κ1) is 21.3. The molecule has 4 heterocycles. The highest BCUT2D eigenvalue weighted by atomic mass is 16.5. The number of fused-ring (bicyclic) bond motifs is 2. The van der Waals surface area contributed by atoms with Gasteiger partial charge in [-0.1, -0.05) is 6.07 Å². The minimum Gasteiger partial charge on any atom is -0.440 e. The molecule has 0 aliphatic carbocycles. The molecule has 0 spiro atoms. The lowest BCUT2D eigenvalue weighted by Gasteiger charge is -2.27. The number of hydrogen-bond acceptors (Lipinski definition) is 8. The summed E-state index contributed by atoms with van der Waals surface area (Å²) >= 11 is 0. The maximum absolute atomic E-state index is 12.5. The summed E-state index contributed by atoms with van der Waals surface area (Å²) in [7, 11) is 0. The van der Waals surface area contributed by atoms with Gasteiger partial charge >= 0.3 is 0 Å². The largest absolute Gasteiger partial charge is 0.440 e. The standard InChI is InChI=1S/C23H20N6O5/c24-21(32)16-10-14-12-25-23(28-22(14)26-16)27-19(31)4-2-13-1-3-15-17(30)11-20(34-18(15)9-13)29-5-7-33-8-6-29/h1-4,9-12H,5-8H2,(H2,24,32)(H2,25,26,27,28,31). The maximum atomic E-state index is 12.5. The fourth-order valence-corrected chi connectivity index (χ4v) is 3.63. The van der Waals surface area contributed by atoms with Gasteiger partial charge in [0.05, 0.1) is 18.6 Å². The van der Waals surface area contributed by atoms with E-state index in [0.717, 1.165) is 0 Å². The summed E-state index contributed by atoms with van der Waals surface area (Å²) in [5, 5.41) is 3.62. The molecule has 1 fully saturated rings. The minimum atomic E-state index is -0.616. The summed E-state index contributed by atoms with van der Waals surface area (Å²) < 4.78 is 11.3. The predicted octanol–water partition coefficient (Wildman–Crippen LogP) is 1.65. The van der Waals surface area contributed by atoms with Crippen molar-refractivity contribution in [2.75, 3.05) is 36.5 Å². The Morgan fingerprint density at radius 1 is 1.18 bits per heavy atom. The first-order valence-electron chi connectivity index (χ1n) is 10.5. The number of primary amides is 1. The summed E-state index contributed by atoms with van der Waals surface area (Å²) in [4.78, 5) is 49.1. The number of aromatic amines is 1. The molecule has 11 nitrogen and oxygen atoms in total. The fourth-order valence-electron chi connectivity index (χ4n) is 3.63. The van der Waals surface area contributed by atoms with Gasteiger partial charge in [-0.25, -0.2) is 4.98 Å². The van der Waals surface area contributed by atoms with Crippen LogP contribution in [0.1, 0.15) is 16.1 Å². The van der Waals surface area contributed by atoms with Gasteiger partial charge in [-0.15, -0.1) is 0 Å². The molecule has 1 aliphatic heterocycles. The fraction of sp³-hybridized carbons (Fsp3) is 0.174. The summed E-state index contributed by atoms with van der Waals surface area (Å²) in [6, 6.07) is 8.12. The van der Waals surface area contributed by atoms with Crippen LogP contribution in [0, 0.1) is 0 Å². The van der Waals surface area contributed by atoms with E-state index < -0.39 is 11.8 Å². The molecule has 0 unspecified atom stereocenters. The molecule has 4 N–H and O–H groups in total. The van der Waals surface area contributed by atoms with E-state index in [1.165, 1.54) is 24.4 Å². The molecular formula is C23H20N6O5. The van der Waals surface area contributed by atoms with Crippen LogP contribution in [0.3, 0.4) is 0 Å². The van der Waals surface area contributed by atoms with Crippen molar-refractivity contribution in [1.29, 1.82) is 0 Å². The highest BCUT2D eigenvalue weighted by Gasteiger charge is 2.15. The summed E-state index contributed by atoms with van der Waals surface area (Å²) in [6.07, 6.45) is 4.39. The molecule has 0 saturated carbocycles. The van der Waals surface area contributed by atoms with Crippen molar-refractivity contribution >= 4 is 51.7 Å². The number of carbonyl (C=O) groups is 2. The number of nitrogens with two attached hydrogens (primary N) is 1. The number of ether oxygens (including phenoxy) is 1. The SMILES string of the molecule is NC(=O)c1cc2cnc(NC(=O)C=Cc3ccc4c(=O)cc(N5CCOCC5)oc4c3)nc2[nH]1. The Balaban J connectivity index is 1.33. The second-order valence-electron chi connectivity index (χ2n) is 7.67. The molecule has 1 aromatic carbocycles. The van der Waals surface area contributed by atoms with E-state index in [0.29, 0.717) is 59.8 Å². The van der Waals surface area contributed by atoms with Gasteiger partial charge < -0.3 is 24.8 Å². The van der Waals surface area contributed by atoms with E-state index >= 15 is 0 Å². The molecule has 1 saturated heterocycles. The lowest BCUT2D eigenvalue weighted by molar-refractivity contribution is -0.111. The molecule has 0 radical (unpaired) electrons. The van der Waals surface area contributed by atoms with Gasteiger partial charge in [0.15, 0.2) is 11.3 Å². The number of nitrogens with one attached hydrogen (secondary N) is 2. The van der Waals surface area contributed by atoms with Crippen molar-refractivity contribution in [1.82, 2.24) is 15.0 Å². The second kappa shape index (κ2) is 8.79. The zero-order valence-electron chi connectivity index (χ0n) is 17.9. The van der Waals surface area contributed by atoms with Gasteiger partial charge in [0.1, 0.15) is 16.9 Å². The third-order valence-electron chi connectivity index (χ3n) is 5.36. The van der Waals surface area contributed by atoms with Crippen LogP contribution in [-0.2, 0) is 9.53 Å². The molecule has 5 rings (SSSR count). The number of amides is 2. The maximum Gasteiger partial charge on any atom is 0.265 e. The van der Waals surface area contributed by atoms with Crippen LogP contribution in [0.5, 0.6) is 0 Å². The van der Waals surface area contributed by atoms with Crippen molar-refractivity contribution < 1.29 is 18.7 Å². The van der Waals surface area contributed by atoms with Gasteiger partial charge in [0.25, 0.3) is 11.8 Å². The monoisotopic (exact) mass is 460 g/mol. The number of H-pyrrole nitrogens is 1. The zero-order chi connectivity index (χ0) is 23.7. The number of anilines is 2. The average molecular weight is 460 g/mol. The highest BCUT2D eigenvalue weighted by Crippen LogP contribution is 2.22. The summed E-state index contributed by atoms with van der Waals surface area (Å²) in [6.45, 7) is 2.45. The quantitative estimate of drug-likeness (QED) is 0.380. The first-order chi connectivity index (χ1) is 16.5. The van der Waals surface area contributed by atoms with Crippen molar-refractivity contribution in [3.63, 3.8) is 0 Å². The highest BCUT2D eigenvalue weighted by molar-refractivity contribution is 6.02. The number of benzene rings is 1.